The molecule has 1 N–H and O–H groups in total. The van der Waals surface area contributed by atoms with Crippen LogP contribution in [0, 0.1) is 0 Å². The molecule has 4 heteroatoms. The Balaban J connectivity index is 2.85. The Labute approximate surface area is 72.7 Å². The molecule has 0 fully saturated rings. The first-order chi connectivity index (χ1) is 5.24. The van der Waals surface area contributed by atoms with Crippen LogP contribution in [-0.2, 0) is 0 Å². The maximum Gasteiger partial charge on any atom is 0.198 e. The van der Waals surface area contributed by atoms with Gasteiger partial charge in [-0.1, -0.05) is 11.6 Å². The van der Waals surface area contributed by atoms with Gasteiger partial charge in [0.2, 0.25) is 0 Å². The minimum Gasteiger partial charge on any atom is -0.515 e. The molecule has 0 unspecified atom stereocenters. The third-order valence-electron chi connectivity index (χ3n) is 1.04. The molecule has 0 bridgehead atoms. The Morgan fingerprint density at radius 2 is 2.36 bits per heavy atom. The van der Waals surface area contributed by atoms with Gasteiger partial charge in [0.15, 0.2) is 5.78 Å². The van der Waals surface area contributed by atoms with E-state index in [1.807, 2.05) is 0 Å². The van der Waals surface area contributed by atoms with Crippen LogP contribution in [-0.4, -0.2) is 10.9 Å². The monoisotopic (exact) mass is 188 g/mol. The van der Waals surface area contributed by atoms with Gasteiger partial charge in [-0.05, 0) is 12.1 Å². The molecular formula is C7H5ClO2S. The van der Waals surface area contributed by atoms with Crippen molar-refractivity contribution in [1.82, 2.24) is 0 Å². The van der Waals surface area contributed by atoms with E-state index in [9.17, 15) is 4.79 Å². The molecule has 1 rings (SSSR count). The highest BCUT2D eigenvalue weighted by Crippen LogP contribution is 2.21. The first-order valence-electron chi connectivity index (χ1n) is 2.84. The maximum atomic E-state index is 11.0. The SMILES string of the molecule is O=C(C=CO)c1ccc(Cl)s1. The summed E-state index contributed by atoms with van der Waals surface area (Å²) < 4.78 is 0.569. The second-order valence-electron chi connectivity index (χ2n) is 1.78. The number of hydrogen-bond acceptors (Lipinski definition) is 3. The lowest BCUT2D eigenvalue weighted by Gasteiger charge is -1.83. The highest BCUT2D eigenvalue weighted by Gasteiger charge is 2.03. The molecule has 0 aliphatic heterocycles. The quantitative estimate of drug-likeness (QED) is 0.440. The largest absolute Gasteiger partial charge is 0.515 e. The van der Waals surface area contributed by atoms with Crippen molar-refractivity contribution in [3.63, 3.8) is 0 Å². The molecule has 0 radical (unpaired) electrons. The van der Waals surface area contributed by atoms with Gasteiger partial charge < -0.3 is 5.11 Å². The van der Waals surface area contributed by atoms with E-state index in [-0.39, 0.29) is 5.78 Å². The predicted molar refractivity (Wildman–Crippen MR) is 45.4 cm³/mol. The number of halogens is 1. The lowest BCUT2D eigenvalue weighted by molar-refractivity contribution is 0.104. The molecule has 1 aromatic heterocycles. The number of ketones is 1. The van der Waals surface area contributed by atoms with Crippen LogP contribution in [0.4, 0.5) is 0 Å². The molecule has 58 valence electrons. The van der Waals surface area contributed by atoms with E-state index in [1.54, 1.807) is 12.1 Å². The lowest BCUT2D eigenvalue weighted by Crippen LogP contribution is -1.87. The van der Waals surface area contributed by atoms with Crippen LogP contribution in [0.2, 0.25) is 4.34 Å². The van der Waals surface area contributed by atoms with Gasteiger partial charge in [0.1, 0.15) is 0 Å². The number of carbonyl (C=O) groups is 1. The van der Waals surface area contributed by atoms with Gasteiger partial charge in [-0.3, -0.25) is 4.79 Å². The van der Waals surface area contributed by atoms with Crippen LogP contribution in [0.25, 0.3) is 0 Å². The summed E-state index contributed by atoms with van der Waals surface area (Å²) in [5.74, 6) is -0.232. The lowest BCUT2D eigenvalue weighted by atomic mass is 10.3. The van der Waals surface area contributed by atoms with Crippen LogP contribution in [0.15, 0.2) is 24.5 Å². The first kappa shape index (κ1) is 8.30. The molecule has 0 aromatic carbocycles. The van der Waals surface area contributed by atoms with E-state index in [4.69, 9.17) is 16.7 Å². The van der Waals surface area contributed by atoms with Crippen LogP contribution in [0.3, 0.4) is 0 Å². The summed E-state index contributed by atoms with van der Waals surface area (Å²) in [7, 11) is 0. The van der Waals surface area contributed by atoms with E-state index in [2.05, 4.69) is 0 Å². The van der Waals surface area contributed by atoms with E-state index in [1.165, 1.54) is 11.3 Å². The van der Waals surface area contributed by atoms with E-state index >= 15 is 0 Å². The van der Waals surface area contributed by atoms with E-state index in [0.717, 1.165) is 12.3 Å². The zero-order chi connectivity index (χ0) is 8.27. The smallest absolute Gasteiger partial charge is 0.198 e. The zero-order valence-electron chi connectivity index (χ0n) is 5.45. The summed E-state index contributed by atoms with van der Waals surface area (Å²) in [6.45, 7) is 0. The molecule has 11 heavy (non-hydrogen) atoms. The van der Waals surface area contributed by atoms with Gasteiger partial charge in [-0.2, -0.15) is 0 Å². The van der Waals surface area contributed by atoms with Gasteiger partial charge in [0.05, 0.1) is 15.5 Å². The normalized spacial score (nSPS) is 10.6. The van der Waals surface area contributed by atoms with Gasteiger partial charge in [-0.25, -0.2) is 0 Å². The van der Waals surface area contributed by atoms with Crippen LogP contribution in [0.1, 0.15) is 9.67 Å². The van der Waals surface area contributed by atoms with Crippen molar-refractivity contribution in [2.45, 2.75) is 0 Å². The van der Waals surface area contributed by atoms with Crippen molar-refractivity contribution in [2.24, 2.45) is 0 Å². The van der Waals surface area contributed by atoms with Crippen molar-refractivity contribution in [2.75, 3.05) is 0 Å². The molecule has 0 saturated heterocycles. The van der Waals surface area contributed by atoms with E-state index < -0.39 is 0 Å². The number of rotatable bonds is 2. The fourth-order valence-corrected chi connectivity index (χ4v) is 1.56. The number of thiophene rings is 1. The minimum absolute atomic E-state index is 0.232. The summed E-state index contributed by atoms with van der Waals surface area (Å²) in [5, 5.41) is 8.28. The Morgan fingerprint density at radius 1 is 1.64 bits per heavy atom. The van der Waals surface area contributed by atoms with Gasteiger partial charge in [-0.15, -0.1) is 11.3 Å². The minimum atomic E-state index is -0.232. The van der Waals surface area contributed by atoms with Crippen LogP contribution in [0.5, 0.6) is 0 Å². The molecule has 1 aromatic rings. The van der Waals surface area contributed by atoms with Gasteiger partial charge >= 0.3 is 0 Å². The number of aliphatic hydroxyl groups is 1. The first-order valence-corrected chi connectivity index (χ1v) is 4.04. The summed E-state index contributed by atoms with van der Waals surface area (Å²) in [6.07, 6.45) is 1.80. The summed E-state index contributed by atoms with van der Waals surface area (Å²) >= 11 is 6.77. The third kappa shape index (κ3) is 2.06. The molecule has 0 saturated carbocycles. The summed E-state index contributed by atoms with van der Waals surface area (Å²) in [6, 6.07) is 3.26. The maximum absolute atomic E-state index is 11.0. The molecule has 0 aliphatic rings. The molecule has 0 amide bonds. The van der Waals surface area contributed by atoms with Gasteiger partial charge in [0, 0.05) is 6.08 Å². The fraction of sp³-hybridized carbons (Fsp3) is 0. The van der Waals surface area contributed by atoms with Crippen LogP contribution < -0.4 is 0 Å². The average molecular weight is 189 g/mol. The van der Waals surface area contributed by atoms with Crippen molar-refractivity contribution in [1.29, 1.82) is 0 Å². The van der Waals surface area contributed by atoms with Crippen molar-refractivity contribution in [3.8, 4) is 0 Å². The van der Waals surface area contributed by atoms with E-state index in [0.29, 0.717) is 9.21 Å². The molecule has 0 spiro atoms. The second kappa shape index (κ2) is 3.55. The topological polar surface area (TPSA) is 37.3 Å². The standard InChI is InChI=1S/C7H5ClO2S/c8-7-2-1-6(11-7)5(10)3-4-9/h1-4,9H. The van der Waals surface area contributed by atoms with Crippen molar-refractivity contribution in [3.05, 3.63) is 33.7 Å². The Bertz CT molecular complexity index is 290. The number of hydrogen-bond donors (Lipinski definition) is 1. The summed E-state index contributed by atoms with van der Waals surface area (Å²) in [4.78, 5) is 11.5. The average Bonchev–Trinajstić information content (AvgIpc) is 2.36. The number of aliphatic hydroxyl groups excluding tert-OH is 1. The molecular weight excluding hydrogens is 184 g/mol. The molecule has 2 nitrogen and oxygen atoms in total. The fourth-order valence-electron chi connectivity index (χ4n) is 0.597. The second-order valence-corrected chi connectivity index (χ2v) is 3.50. The number of carbonyl (C=O) groups excluding carboxylic acids is 1. The predicted octanol–water partition coefficient (Wildman–Crippen LogP) is 2.66. The zero-order valence-corrected chi connectivity index (χ0v) is 7.02. The highest BCUT2D eigenvalue weighted by atomic mass is 35.5. The Hall–Kier alpha value is -0.800. The van der Waals surface area contributed by atoms with Crippen LogP contribution >= 0.6 is 22.9 Å². The van der Waals surface area contributed by atoms with Gasteiger partial charge in [0.25, 0.3) is 0 Å². The molecule has 0 atom stereocenters. The highest BCUT2D eigenvalue weighted by molar-refractivity contribution is 7.18. The Morgan fingerprint density at radius 3 is 2.82 bits per heavy atom. The summed E-state index contributed by atoms with van der Waals surface area (Å²) in [5.41, 5.74) is 0. The van der Waals surface area contributed by atoms with Crippen molar-refractivity contribution >= 4 is 28.7 Å². The third-order valence-corrected chi connectivity index (χ3v) is 2.29. The molecule has 0 aliphatic carbocycles. The number of allylic oxidation sites excluding steroid dienone is 1. The molecule has 1 heterocycles. The van der Waals surface area contributed by atoms with Crippen molar-refractivity contribution < 1.29 is 9.90 Å². The Kier molecular flexibility index (Phi) is 2.68.